The molecule has 1 aliphatic rings. The largest absolute Gasteiger partial charge is 0.328 e. The van der Waals surface area contributed by atoms with Gasteiger partial charge in [0, 0.05) is 23.1 Å². The monoisotopic (exact) mass is 346 g/mol. The van der Waals surface area contributed by atoms with Crippen molar-refractivity contribution in [1.29, 1.82) is 0 Å². The molecule has 6 heteroatoms. The van der Waals surface area contributed by atoms with Crippen molar-refractivity contribution in [1.82, 2.24) is 4.31 Å². The third kappa shape index (κ3) is 3.78. The average molecular weight is 347 g/mol. The summed E-state index contributed by atoms with van der Waals surface area (Å²) in [6.07, 6.45) is 1.48. The molecule has 2 rings (SSSR count). The number of benzene rings is 1. The lowest BCUT2D eigenvalue weighted by Gasteiger charge is -2.35. The topological polar surface area (TPSA) is 63.4 Å². The molecule has 1 aliphatic heterocycles. The van der Waals surface area contributed by atoms with Crippen LogP contribution in [0.2, 0.25) is 0 Å². The van der Waals surface area contributed by atoms with Crippen molar-refractivity contribution in [3.8, 4) is 0 Å². The van der Waals surface area contributed by atoms with E-state index in [0.29, 0.717) is 6.54 Å². The van der Waals surface area contributed by atoms with Gasteiger partial charge in [-0.05, 0) is 37.5 Å². The van der Waals surface area contributed by atoms with Gasteiger partial charge in [-0.2, -0.15) is 4.31 Å². The van der Waals surface area contributed by atoms with Crippen LogP contribution in [0.25, 0.3) is 0 Å². The van der Waals surface area contributed by atoms with E-state index in [-0.39, 0.29) is 17.8 Å². The van der Waals surface area contributed by atoms with Crippen LogP contribution in [-0.2, 0) is 15.8 Å². The number of nitrogens with two attached hydrogens (primary N) is 1. The first-order valence-corrected chi connectivity index (χ1v) is 8.78. The molecule has 1 fully saturated rings. The Kier molecular flexibility index (Phi) is 4.66. The number of nitrogens with zero attached hydrogens (tertiary/aromatic N) is 1. The van der Waals surface area contributed by atoms with Crippen molar-refractivity contribution in [3.05, 3.63) is 34.3 Å². The lowest BCUT2D eigenvalue weighted by molar-refractivity contribution is 0.247. The first-order valence-electron chi connectivity index (χ1n) is 6.38. The summed E-state index contributed by atoms with van der Waals surface area (Å²) in [7, 11) is -3.26. The average Bonchev–Trinajstić information content (AvgIpc) is 2.31. The third-order valence-electron chi connectivity index (χ3n) is 3.48. The van der Waals surface area contributed by atoms with Crippen molar-refractivity contribution in [3.63, 3.8) is 0 Å². The van der Waals surface area contributed by atoms with E-state index in [0.717, 1.165) is 22.9 Å². The first kappa shape index (κ1) is 15.0. The summed E-state index contributed by atoms with van der Waals surface area (Å²) in [6, 6.07) is 7.50. The maximum atomic E-state index is 12.4. The van der Waals surface area contributed by atoms with Crippen molar-refractivity contribution < 1.29 is 8.42 Å². The highest BCUT2D eigenvalue weighted by molar-refractivity contribution is 9.10. The van der Waals surface area contributed by atoms with Gasteiger partial charge >= 0.3 is 0 Å². The van der Waals surface area contributed by atoms with Gasteiger partial charge in [0.1, 0.15) is 0 Å². The molecule has 0 bridgehead atoms. The molecule has 0 unspecified atom stereocenters. The number of halogens is 1. The molecule has 0 amide bonds. The van der Waals surface area contributed by atoms with Crippen molar-refractivity contribution in [2.45, 2.75) is 37.6 Å². The maximum absolute atomic E-state index is 12.4. The van der Waals surface area contributed by atoms with E-state index in [1.54, 1.807) is 4.31 Å². The Morgan fingerprint density at radius 3 is 2.58 bits per heavy atom. The number of sulfonamides is 1. The summed E-state index contributed by atoms with van der Waals surface area (Å²) in [5.74, 6) is 0.0554. The zero-order valence-electron chi connectivity index (χ0n) is 10.9. The van der Waals surface area contributed by atoms with E-state index in [9.17, 15) is 8.42 Å². The van der Waals surface area contributed by atoms with E-state index in [1.807, 2.05) is 31.2 Å². The normalized spacial score (nSPS) is 25.4. The predicted octanol–water partition coefficient (Wildman–Crippen LogP) is 2.09. The molecular weight excluding hydrogens is 328 g/mol. The van der Waals surface area contributed by atoms with Crippen molar-refractivity contribution in [2.24, 2.45) is 5.73 Å². The van der Waals surface area contributed by atoms with Gasteiger partial charge in [0.2, 0.25) is 10.0 Å². The molecule has 1 heterocycles. The smallest absolute Gasteiger partial charge is 0.218 e. The zero-order chi connectivity index (χ0) is 14.0. The summed E-state index contributed by atoms with van der Waals surface area (Å²) < 4.78 is 27.4. The molecule has 0 aliphatic carbocycles. The molecule has 19 heavy (non-hydrogen) atoms. The van der Waals surface area contributed by atoms with Gasteiger partial charge in [-0.3, -0.25) is 0 Å². The molecule has 0 spiro atoms. The molecule has 4 nitrogen and oxygen atoms in total. The third-order valence-corrected chi connectivity index (χ3v) is 5.96. The van der Waals surface area contributed by atoms with E-state index < -0.39 is 10.0 Å². The van der Waals surface area contributed by atoms with Crippen LogP contribution in [0.1, 0.15) is 25.3 Å². The maximum Gasteiger partial charge on any atom is 0.218 e. The van der Waals surface area contributed by atoms with E-state index in [1.165, 1.54) is 0 Å². The fourth-order valence-electron chi connectivity index (χ4n) is 2.47. The Morgan fingerprint density at radius 2 is 2.00 bits per heavy atom. The summed E-state index contributed by atoms with van der Waals surface area (Å²) in [5.41, 5.74) is 6.68. The Bertz CT molecular complexity index is 530. The summed E-state index contributed by atoms with van der Waals surface area (Å²) >= 11 is 3.34. The van der Waals surface area contributed by atoms with Crippen molar-refractivity contribution >= 4 is 26.0 Å². The number of hydrogen-bond acceptors (Lipinski definition) is 3. The number of rotatable bonds is 3. The van der Waals surface area contributed by atoms with E-state index in [2.05, 4.69) is 15.9 Å². The minimum atomic E-state index is -3.26. The van der Waals surface area contributed by atoms with E-state index >= 15 is 0 Å². The number of piperidine rings is 1. The standard InChI is InChI=1S/C13H19BrN2O2S/c1-10-8-13(15)6-7-16(10)19(17,18)9-11-2-4-12(14)5-3-11/h2-5,10,13H,6-9,15H2,1H3/t10-,13-/m0/s1. The van der Waals surface area contributed by atoms with Gasteiger partial charge in [0.05, 0.1) is 5.75 Å². The molecule has 1 saturated heterocycles. The van der Waals surface area contributed by atoms with Crippen LogP contribution in [0.15, 0.2) is 28.7 Å². The lowest BCUT2D eigenvalue weighted by atomic mass is 10.0. The Balaban J connectivity index is 2.12. The highest BCUT2D eigenvalue weighted by atomic mass is 79.9. The fourth-order valence-corrected chi connectivity index (χ4v) is 4.54. The van der Waals surface area contributed by atoms with Crippen LogP contribution in [-0.4, -0.2) is 31.4 Å². The van der Waals surface area contributed by atoms with Crippen LogP contribution >= 0.6 is 15.9 Å². The molecule has 106 valence electrons. The highest BCUT2D eigenvalue weighted by Gasteiger charge is 2.32. The molecule has 1 aromatic rings. The summed E-state index contributed by atoms with van der Waals surface area (Å²) in [6.45, 7) is 2.46. The second-order valence-corrected chi connectivity index (χ2v) is 7.96. The van der Waals surface area contributed by atoms with Crippen LogP contribution in [0.5, 0.6) is 0 Å². The fraction of sp³-hybridized carbons (Fsp3) is 0.538. The van der Waals surface area contributed by atoms with Crippen molar-refractivity contribution in [2.75, 3.05) is 6.54 Å². The van der Waals surface area contributed by atoms with Crippen LogP contribution in [0, 0.1) is 0 Å². The highest BCUT2D eigenvalue weighted by Crippen LogP contribution is 2.22. The van der Waals surface area contributed by atoms with Gasteiger partial charge in [0.15, 0.2) is 0 Å². The molecular formula is C13H19BrN2O2S. The summed E-state index contributed by atoms with van der Waals surface area (Å²) in [4.78, 5) is 0. The van der Waals surface area contributed by atoms with Gasteiger partial charge in [-0.15, -0.1) is 0 Å². The predicted molar refractivity (Wildman–Crippen MR) is 80.1 cm³/mol. The Hall–Kier alpha value is -0.430. The van der Waals surface area contributed by atoms with Crippen LogP contribution < -0.4 is 5.73 Å². The number of hydrogen-bond donors (Lipinski definition) is 1. The van der Waals surface area contributed by atoms with Crippen LogP contribution in [0.3, 0.4) is 0 Å². The van der Waals surface area contributed by atoms with E-state index in [4.69, 9.17) is 5.73 Å². The molecule has 2 atom stereocenters. The minimum Gasteiger partial charge on any atom is -0.328 e. The molecule has 1 aromatic carbocycles. The van der Waals surface area contributed by atoms with Gasteiger partial charge in [-0.1, -0.05) is 28.1 Å². The molecule has 0 saturated carbocycles. The lowest BCUT2D eigenvalue weighted by Crippen LogP contribution is -2.48. The Morgan fingerprint density at radius 1 is 1.37 bits per heavy atom. The zero-order valence-corrected chi connectivity index (χ0v) is 13.3. The van der Waals surface area contributed by atoms with Crippen LogP contribution in [0.4, 0.5) is 0 Å². The van der Waals surface area contributed by atoms with Gasteiger partial charge in [-0.25, -0.2) is 8.42 Å². The first-order chi connectivity index (χ1) is 8.88. The Labute approximate surface area is 123 Å². The molecule has 0 aromatic heterocycles. The minimum absolute atomic E-state index is 0.0100. The molecule has 0 radical (unpaired) electrons. The quantitative estimate of drug-likeness (QED) is 0.911. The van der Waals surface area contributed by atoms with Gasteiger partial charge in [0.25, 0.3) is 0 Å². The van der Waals surface area contributed by atoms with Gasteiger partial charge < -0.3 is 5.73 Å². The second-order valence-electron chi connectivity index (χ2n) is 5.13. The SMILES string of the molecule is C[C@H]1C[C@@H](N)CCN1S(=O)(=O)Cc1ccc(Br)cc1. The second kappa shape index (κ2) is 5.91. The molecule has 2 N–H and O–H groups in total. The summed E-state index contributed by atoms with van der Waals surface area (Å²) in [5, 5.41) is 0.